The molecule has 2 heterocycles. The van der Waals surface area contributed by atoms with E-state index in [0.717, 1.165) is 17.0 Å². The van der Waals surface area contributed by atoms with E-state index < -0.39 is 0 Å². The second-order valence-electron chi connectivity index (χ2n) is 5.48. The predicted molar refractivity (Wildman–Crippen MR) is 97.9 cm³/mol. The van der Waals surface area contributed by atoms with Gasteiger partial charge in [-0.2, -0.15) is 0 Å². The van der Waals surface area contributed by atoms with Crippen LogP contribution in [0.4, 0.5) is 4.39 Å². The Balaban J connectivity index is 1.58. The van der Waals surface area contributed by atoms with Crippen molar-refractivity contribution >= 4 is 17.7 Å². The van der Waals surface area contributed by atoms with Crippen LogP contribution in [-0.4, -0.2) is 31.4 Å². The number of benzene rings is 1. The first kappa shape index (κ1) is 18.1. The molecule has 0 unspecified atom stereocenters. The lowest BCUT2D eigenvalue weighted by molar-refractivity contribution is -0.118. The Hall–Kier alpha value is -2.74. The first-order chi connectivity index (χ1) is 12.7. The highest BCUT2D eigenvalue weighted by atomic mass is 32.2. The van der Waals surface area contributed by atoms with Crippen LogP contribution in [0.3, 0.4) is 0 Å². The van der Waals surface area contributed by atoms with Crippen LogP contribution in [0, 0.1) is 5.82 Å². The summed E-state index contributed by atoms with van der Waals surface area (Å²) in [4.78, 5) is 16.1. The molecule has 0 aliphatic heterocycles. The molecule has 1 amide bonds. The number of aromatic nitrogens is 4. The number of amides is 1. The summed E-state index contributed by atoms with van der Waals surface area (Å²) in [5.74, 6) is 0.578. The molecule has 8 heteroatoms. The predicted octanol–water partition coefficient (Wildman–Crippen LogP) is 2.91. The number of pyridine rings is 1. The average Bonchev–Trinajstić information content (AvgIpc) is 3.09. The van der Waals surface area contributed by atoms with Gasteiger partial charge in [-0.3, -0.25) is 9.78 Å². The average molecular weight is 371 g/mol. The summed E-state index contributed by atoms with van der Waals surface area (Å²) in [7, 11) is 0. The maximum Gasteiger partial charge on any atom is 0.230 e. The summed E-state index contributed by atoms with van der Waals surface area (Å²) in [6.07, 6.45) is 3.42. The largest absolute Gasteiger partial charge is 0.351 e. The Morgan fingerprint density at radius 1 is 1.15 bits per heavy atom. The van der Waals surface area contributed by atoms with Gasteiger partial charge in [0, 0.05) is 31.0 Å². The number of hydrogen-bond acceptors (Lipinski definition) is 5. The van der Waals surface area contributed by atoms with Gasteiger partial charge in [0.05, 0.1) is 5.75 Å². The number of carbonyl (C=O) groups is 1. The summed E-state index contributed by atoms with van der Waals surface area (Å²) in [6, 6.07) is 9.80. The van der Waals surface area contributed by atoms with Gasteiger partial charge in [-0.25, -0.2) is 4.39 Å². The van der Waals surface area contributed by atoms with Gasteiger partial charge >= 0.3 is 0 Å². The highest BCUT2D eigenvalue weighted by molar-refractivity contribution is 7.99. The van der Waals surface area contributed by atoms with Crippen molar-refractivity contribution < 1.29 is 9.18 Å². The second-order valence-corrected chi connectivity index (χ2v) is 6.42. The van der Waals surface area contributed by atoms with Crippen LogP contribution in [0.2, 0.25) is 0 Å². The molecule has 6 nitrogen and oxygen atoms in total. The highest BCUT2D eigenvalue weighted by Crippen LogP contribution is 2.23. The monoisotopic (exact) mass is 371 g/mol. The number of rotatable bonds is 7. The summed E-state index contributed by atoms with van der Waals surface area (Å²) in [6.45, 7) is 3.07. The Morgan fingerprint density at radius 2 is 1.88 bits per heavy atom. The topological polar surface area (TPSA) is 72.7 Å². The van der Waals surface area contributed by atoms with Crippen LogP contribution in [0.25, 0.3) is 11.4 Å². The minimum Gasteiger partial charge on any atom is -0.351 e. The molecule has 1 aromatic carbocycles. The summed E-state index contributed by atoms with van der Waals surface area (Å²) >= 11 is 1.33. The van der Waals surface area contributed by atoms with Crippen molar-refractivity contribution in [2.75, 3.05) is 5.75 Å². The second kappa shape index (κ2) is 8.57. The molecule has 0 radical (unpaired) electrons. The SMILES string of the molecule is CCn1c(SCC(=O)NCc2ccc(F)cc2)nnc1-c1ccncc1. The molecule has 0 bridgehead atoms. The first-order valence-corrected chi connectivity index (χ1v) is 9.13. The van der Waals surface area contributed by atoms with Crippen molar-refractivity contribution in [3.05, 3.63) is 60.2 Å². The smallest absolute Gasteiger partial charge is 0.230 e. The third kappa shape index (κ3) is 4.45. The van der Waals surface area contributed by atoms with Gasteiger partial charge in [-0.15, -0.1) is 10.2 Å². The molecule has 1 N–H and O–H groups in total. The standard InChI is InChI=1S/C18H18FN5OS/c1-2-24-17(14-7-9-20-10-8-14)22-23-18(24)26-12-16(25)21-11-13-3-5-15(19)6-4-13/h3-10H,2,11-12H2,1H3,(H,21,25). The minimum absolute atomic E-state index is 0.115. The van der Waals surface area contributed by atoms with Crippen molar-refractivity contribution in [3.63, 3.8) is 0 Å². The van der Waals surface area contributed by atoms with E-state index in [4.69, 9.17) is 0 Å². The third-order valence-electron chi connectivity index (χ3n) is 3.71. The molecule has 3 rings (SSSR count). The molecule has 0 saturated heterocycles. The Labute approximate surface area is 154 Å². The molecule has 2 aromatic heterocycles. The van der Waals surface area contributed by atoms with E-state index in [9.17, 15) is 9.18 Å². The summed E-state index contributed by atoms with van der Waals surface area (Å²) < 4.78 is 14.8. The van der Waals surface area contributed by atoms with E-state index >= 15 is 0 Å². The van der Waals surface area contributed by atoms with Crippen molar-refractivity contribution in [1.29, 1.82) is 0 Å². The Bertz CT molecular complexity index is 867. The van der Waals surface area contributed by atoms with Crippen LogP contribution < -0.4 is 5.32 Å². The molecule has 0 atom stereocenters. The van der Waals surface area contributed by atoms with E-state index in [1.807, 2.05) is 23.6 Å². The third-order valence-corrected chi connectivity index (χ3v) is 4.67. The molecule has 26 heavy (non-hydrogen) atoms. The fraction of sp³-hybridized carbons (Fsp3) is 0.222. The zero-order valence-corrected chi connectivity index (χ0v) is 15.0. The van der Waals surface area contributed by atoms with Gasteiger partial charge in [0.1, 0.15) is 5.82 Å². The molecule has 134 valence electrons. The molecule has 3 aromatic rings. The normalized spacial score (nSPS) is 10.7. The summed E-state index contributed by atoms with van der Waals surface area (Å²) in [5.41, 5.74) is 1.78. The number of halogens is 1. The molecule has 0 spiro atoms. The number of carbonyl (C=O) groups excluding carboxylic acids is 1. The van der Waals surface area contributed by atoms with E-state index in [0.29, 0.717) is 18.2 Å². The van der Waals surface area contributed by atoms with Gasteiger partial charge in [-0.1, -0.05) is 23.9 Å². The molecule has 0 fully saturated rings. The zero-order chi connectivity index (χ0) is 18.4. The van der Waals surface area contributed by atoms with Crippen LogP contribution >= 0.6 is 11.8 Å². The first-order valence-electron chi connectivity index (χ1n) is 8.15. The maximum absolute atomic E-state index is 12.9. The van der Waals surface area contributed by atoms with Crippen molar-refractivity contribution in [2.24, 2.45) is 0 Å². The minimum atomic E-state index is -0.292. The van der Waals surface area contributed by atoms with E-state index in [-0.39, 0.29) is 17.5 Å². The van der Waals surface area contributed by atoms with Crippen LogP contribution in [0.1, 0.15) is 12.5 Å². The lowest BCUT2D eigenvalue weighted by atomic mass is 10.2. The fourth-order valence-corrected chi connectivity index (χ4v) is 3.21. The zero-order valence-electron chi connectivity index (χ0n) is 14.2. The molecule has 0 saturated carbocycles. The number of nitrogens with one attached hydrogen (secondary N) is 1. The van der Waals surface area contributed by atoms with Crippen LogP contribution in [0.5, 0.6) is 0 Å². The van der Waals surface area contributed by atoms with Gasteiger partial charge in [0.2, 0.25) is 5.91 Å². The Morgan fingerprint density at radius 3 is 2.58 bits per heavy atom. The Kier molecular flexibility index (Phi) is 5.96. The number of nitrogens with zero attached hydrogens (tertiary/aromatic N) is 4. The van der Waals surface area contributed by atoms with E-state index in [1.54, 1.807) is 24.5 Å². The number of hydrogen-bond donors (Lipinski definition) is 1. The quantitative estimate of drug-likeness (QED) is 0.647. The van der Waals surface area contributed by atoms with Gasteiger partial charge < -0.3 is 9.88 Å². The van der Waals surface area contributed by atoms with Gasteiger partial charge in [0.25, 0.3) is 0 Å². The van der Waals surface area contributed by atoms with Gasteiger partial charge in [-0.05, 0) is 36.8 Å². The molecule has 0 aliphatic rings. The van der Waals surface area contributed by atoms with Crippen molar-refractivity contribution in [3.8, 4) is 11.4 Å². The fourth-order valence-electron chi connectivity index (χ4n) is 2.38. The maximum atomic E-state index is 12.9. The lowest BCUT2D eigenvalue weighted by Crippen LogP contribution is -2.24. The highest BCUT2D eigenvalue weighted by Gasteiger charge is 2.14. The van der Waals surface area contributed by atoms with Crippen molar-refractivity contribution in [1.82, 2.24) is 25.1 Å². The molecule has 0 aliphatic carbocycles. The lowest BCUT2D eigenvalue weighted by Gasteiger charge is -2.08. The van der Waals surface area contributed by atoms with Crippen molar-refractivity contribution in [2.45, 2.75) is 25.2 Å². The van der Waals surface area contributed by atoms with E-state index in [2.05, 4.69) is 20.5 Å². The molecular weight excluding hydrogens is 353 g/mol. The number of thioether (sulfide) groups is 1. The van der Waals surface area contributed by atoms with Crippen LogP contribution in [0.15, 0.2) is 53.9 Å². The van der Waals surface area contributed by atoms with Crippen LogP contribution in [-0.2, 0) is 17.9 Å². The van der Waals surface area contributed by atoms with E-state index in [1.165, 1.54) is 23.9 Å². The van der Waals surface area contributed by atoms with Gasteiger partial charge in [0.15, 0.2) is 11.0 Å². The molecular formula is C18H18FN5OS. The summed E-state index contributed by atoms with van der Waals surface area (Å²) in [5, 5.41) is 11.9.